The number of piperidine rings is 1. The Kier molecular flexibility index (Phi) is 3.80. The quantitative estimate of drug-likeness (QED) is 0.778. The van der Waals surface area contributed by atoms with Crippen molar-refractivity contribution in [1.82, 2.24) is 9.80 Å². The first kappa shape index (κ1) is 15.6. The molecule has 4 heteroatoms. The molecule has 0 amide bonds. The van der Waals surface area contributed by atoms with E-state index in [0.29, 0.717) is 29.2 Å². The zero-order valence-electron chi connectivity index (χ0n) is 15.0. The standard InChI is InChI=1S/C19H31N3O/c1-13(17-15(23)12-14-18(17)19(14,2)3)21-8-10-22(11-9-21)16-6-4-5-7-20-16/h14,16,18,20H,4-12H2,1-3H3/p+1/t14-,16?,18+/m1/s1. The summed E-state index contributed by atoms with van der Waals surface area (Å²) in [5.74, 6) is 1.60. The number of carbonyl (C=O) groups excluding carboxylic acids is 1. The van der Waals surface area contributed by atoms with Crippen LogP contribution < -0.4 is 5.32 Å². The molecule has 4 aliphatic rings. The molecule has 2 saturated carbocycles. The lowest BCUT2D eigenvalue weighted by Gasteiger charge is -2.40. The van der Waals surface area contributed by atoms with Crippen LogP contribution in [0, 0.1) is 17.3 Å². The van der Waals surface area contributed by atoms with Gasteiger partial charge >= 0.3 is 0 Å². The smallest absolute Gasteiger partial charge is 0.161 e. The Hall–Kier alpha value is -0.870. The Morgan fingerprint density at radius 1 is 1.17 bits per heavy atom. The van der Waals surface area contributed by atoms with Crippen molar-refractivity contribution in [2.75, 3.05) is 32.7 Å². The van der Waals surface area contributed by atoms with Crippen molar-refractivity contribution in [2.45, 2.75) is 52.6 Å². The summed E-state index contributed by atoms with van der Waals surface area (Å²) in [6.07, 6.45) is 5.61. The van der Waals surface area contributed by atoms with E-state index in [1.807, 2.05) is 0 Å². The first-order valence-electron chi connectivity index (χ1n) is 9.56. The molecular weight excluding hydrogens is 286 g/mol. The van der Waals surface area contributed by atoms with E-state index in [-0.39, 0.29) is 0 Å². The van der Waals surface area contributed by atoms with Crippen molar-refractivity contribution < 1.29 is 10.1 Å². The van der Waals surface area contributed by atoms with Crippen molar-refractivity contribution in [1.29, 1.82) is 0 Å². The number of quaternary nitrogens is 1. The average Bonchev–Trinajstić information content (AvgIpc) is 2.92. The zero-order valence-corrected chi connectivity index (χ0v) is 15.0. The van der Waals surface area contributed by atoms with Crippen LogP contribution >= 0.6 is 0 Å². The summed E-state index contributed by atoms with van der Waals surface area (Å²) in [7, 11) is 0. The molecule has 2 heterocycles. The second-order valence-electron chi connectivity index (χ2n) is 8.64. The number of rotatable bonds is 2. The maximum absolute atomic E-state index is 12.4. The minimum absolute atomic E-state index is 0.364. The summed E-state index contributed by atoms with van der Waals surface area (Å²) in [5.41, 5.74) is 2.83. The summed E-state index contributed by atoms with van der Waals surface area (Å²) in [5, 5.41) is 2.53. The summed E-state index contributed by atoms with van der Waals surface area (Å²) in [4.78, 5) is 17.5. The van der Waals surface area contributed by atoms with E-state index in [2.05, 4.69) is 35.9 Å². The fraction of sp³-hybridized carbons (Fsp3) is 0.842. The normalized spacial score (nSPS) is 39.3. The van der Waals surface area contributed by atoms with Crippen molar-refractivity contribution in [2.24, 2.45) is 17.3 Å². The van der Waals surface area contributed by atoms with Crippen LogP contribution in [-0.4, -0.2) is 54.5 Å². The number of carbonyl (C=O) groups is 1. The molecule has 3 atom stereocenters. The number of ketones is 1. The molecule has 2 saturated heterocycles. The summed E-state index contributed by atoms with van der Waals surface area (Å²) < 4.78 is 0. The van der Waals surface area contributed by atoms with Crippen molar-refractivity contribution in [3.8, 4) is 0 Å². The molecule has 4 rings (SSSR count). The van der Waals surface area contributed by atoms with E-state index in [1.54, 1.807) is 0 Å². The Balaban J connectivity index is 1.42. The van der Waals surface area contributed by atoms with Gasteiger partial charge in [-0.3, -0.25) is 9.69 Å². The van der Waals surface area contributed by atoms with Crippen LogP contribution in [0.25, 0.3) is 0 Å². The summed E-state index contributed by atoms with van der Waals surface area (Å²) in [6, 6.07) is 0. The van der Waals surface area contributed by atoms with Crippen LogP contribution in [0.1, 0.15) is 46.5 Å². The minimum Gasteiger partial charge on any atom is -0.372 e. The van der Waals surface area contributed by atoms with E-state index in [0.717, 1.165) is 32.6 Å². The number of fused-ring (bicyclic) bond motifs is 1. The van der Waals surface area contributed by atoms with Gasteiger partial charge in [-0.25, -0.2) is 0 Å². The largest absolute Gasteiger partial charge is 0.372 e. The monoisotopic (exact) mass is 318 g/mol. The molecule has 0 aromatic heterocycles. The Labute approximate surface area is 140 Å². The maximum Gasteiger partial charge on any atom is 0.161 e. The second kappa shape index (κ2) is 5.59. The van der Waals surface area contributed by atoms with Crippen LogP contribution in [0.4, 0.5) is 0 Å². The first-order valence-corrected chi connectivity index (χ1v) is 9.56. The highest BCUT2D eigenvalue weighted by Gasteiger charge is 2.65. The van der Waals surface area contributed by atoms with Crippen LogP contribution in [-0.2, 0) is 4.79 Å². The van der Waals surface area contributed by atoms with Crippen LogP contribution in [0.15, 0.2) is 11.3 Å². The fourth-order valence-corrected chi connectivity index (χ4v) is 5.43. The number of nitrogens with zero attached hydrogens (tertiary/aromatic N) is 2. The molecule has 0 aromatic carbocycles. The molecule has 1 unspecified atom stereocenters. The molecule has 0 aromatic rings. The van der Waals surface area contributed by atoms with Gasteiger partial charge in [0.25, 0.3) is 0 Å². The van der Waals surface area contributed by atoms with Gasteiger partial charge in [0.15, 0.2) is 5.78 Å². The Morgan fingerprint density at radius 3 is 2.52 bits per heavy atom. The molecule has 0 spiro atoms. The molecule has 2 aliphatic carbocycles. The summed E-state index contributed by atoms with van der Waals surface area (Å²) in [6.45, 7) is 12.6. The molecular formula is C19H32N3O+. The average molecular weight is 318 g/mol. The van der Waals surface area contributed by atoms with Gasteiger partial charge in [-0.1, -0.05) is 13.8 Å². The molecule has 0 radical (unpaired) electrons. The SMILES string of the molecule is CC(=C1C(=O)C[C@@H]2[C@@H]1C2(C)C)N1CCN(C2CCCC[NH2+]2)CC1. The number of nitrogens with two attached hydrogens (primary N) is 1. The van der Waals surface area contributed by atoms with Crippen molar-refractivity contribution >= 4 is 5.78 Å². The third-order valence-corrected chi connectivity index (χ3v) is 7.11. The highest BCUT2D eigenvalue weighted by atomic mass is 16.1. The van der Waals surface area contributed by atoms with Gasteiger partial charge in [0, 0.05) is 50.3 Å². The predicted molar refractivity (Wildman–Crippen MR) is 90.7 cm³/mol. The molecule has 4 nitrogen and oxygen atoms in total. The lowest BCUT2D eigenvalue weighted by atomic mass is 9.95. The number of Topliss-reactive ketones (excluding diaryl/α,β-unsaturated/α-hetero) is 1. The summed E-state index contributed by atoms with van der Waals surface area (Å²) >= 11 is 0. The van der Waals surface area contributed by atoms with Crippen molar-refractivity contribution in [3.05, 3.63) is 11.3 Å². The number of piperazine rings is 1. The van der Waals surface area contributed by atoms with Crippen LogP contribution in [0.2, 0.25) is 0 Å². The van der Waals surface area contributed by atoms with Gasteiger partial charge in [0.1, 0.15) is 6.17 Å². The predicted octanol–water partition coefficient (Wildman–Crippen LogP) is 1.20. The van der Waals surface area contributed by atoms with Gasteiger partial charge in [-0.15, -0.1) is 0 Å². The molecule has 23 heavy (non-hydrogen) atoms. The Bertz CT molecular complexity index is 525. The Morgan fingerprint density at radius 2 is 1.91 bits per heavy atom. The van der Waals surface area contributed by atoms with E-state index in [4.69, 9.17) is 0 Å². The van der Waals surface area contributed by atoms with Crippen LogP contribution in [0.3, 0.4) is 0 Å². The maximum atomic E-state index is 12.4. The van der Waals surface area contributed by atoms with E-state index in [9.17, 15) is 4.79 Å². The molecule has 4 fully saturated rings. The lowest BCUT2D eigenvalue weighted by Crippen LogP contribution is -2.95. The van der Waals surface area contributed by atoms with E-state index in [1.165, 1.54) is 37.1 Å². The van der Waals surface area contributed by atoms with E-state index >= 15 is 0 Å². The number of allylic oxidation sites excluding steroid dienone is 2. The number of hydrogen-bond acceptors (Lipinski definition) is 3. The van der Waals surface area contributed by atoms with Crippen molar-refractivity contribution in [3.63, 3.8) is 0 Å². The third kappa shape index (κ3) is 2.54. The van der Waals surface area contributed by atoms with Gasteiger partial charge in [-0.05, 0) is 37.0 Å². The highest BCUT2D eigenvalue weighted by molar-refractivity contribution is 6.01. The third-order valence-electron chi connectivity index (χ3n) is 7.11. The van der Waals surface area contributed by atoms with Gasteiger partial charge in [0.05, 0.1) is 6.54 Å². The van der Waals surface area contributed by atoms with Gasteiger partial charge in [0.2, 0.25) is 0 Å². The van der Waals surface area contributed by atoms with Gasteiger partial charge < -0.3 is 10.2 Å². The van der Waals surface area contributed by atoms with Crippen LogP contribution in [0.5, 0.6) is 0 Å². The minimum atomic E-state index is 0.364. The number of hydrogen-bond donors (Lipinski definition) is 1. The fourth-order valence-electron chi connectivity index (χ4n) is 5.43. The molecule has 2 N–H and O–H groups in total. The highest BCUT2D eigenvalue weighted by Crippen LogP contribution is 2.68. The molecule has 128 valence electrons. The lowest BCUT2D eigenvalue weighted by molar-refractivity contribution is -0.717. The molecule has 0 bridgehead atoms. The topological polar surface area (TPSA) is 40.2 Å². The molecule has 2 aliphatic heterocycles. The van der Waals surface area contributed by atoms with Gasteiger partial charge in [-0.2, -0.15) is 0 Å². The zero-order chi connectivity index (χ0) is 16.2. The van der Waals surface area contributed by atoms with E-state index < -0.39 is 0 Å². The second-order valence-corrected chi connectivity index (χ2v) is 8.64. The first-order chi connectivity index (χ1) is 11.0.